The summed E-state index contributed by atoms with van der Waals surface area (Å²) in [5, 5.41) is -0.666. The van der Waals surface area contributed by atoms with E-state index in [1.165, 1.54) is 28.0 Å². The van der Waals surface area contributed by atoms with Crippen LogP contribution in [-0.2, 0) is 56.6 Å². The summed E-state index contributed by atoms with van der Waals surface area (Å²) in [6, 6.07) is 3.37. The molecule has 1 aromatic rings. The zero-order chi connectivity index (χ0) is 41.3. The minimum Gasteiger partial charge on any atom is -0.460 e. The second-order valence-electron chi connectivity index (χ2n) is 17.4. The lowest BCUT2D eigenvalue weighted by molar-refractivity contribution is -0.159. The number of sulfonamides is 1. The summed E-state index contributed by atoms with van der Waals surface area (Å²) in [5.41, 5.74) is -1.25. The Morgan fingerprint density at radius 3 is 2.42 bits per heavy atom. The first kappa shape index (κ1) is 42.2. The molecule has 3 amide bonds. The van der Waals surface area contributed by atoms with E-state index >= 15 is 0 Å². The highest BCUT2D eigenvalue weighted by atomic mass is 32.2. The van der Waals surface area contributed by atoms with E-state index in [0.29, 0.717) is 29.9 Å². The van der Waals surface area contributed by atoms with E-state index in [1.54, 1.807) is 32.9 Å². The molecule has 0 unspecified atom stereocenters. The fraction of sp³-hybridized carbons (Fsp3) is 0.619. The maximum Gasteiger partial charge on any atom is 0.410 e. The number of esters is 1. The van der Waals surface area contributed by atoms with Crippen LogP contribution in [0.5, 0.6) is 0 Å². The number of ketones is 2. The SMILES string of the molecule is C=C[C@@H]1C[C@]1(CC(=O)[C@@H]1C[C@@H](OC(=O)N2Cc3cccc(F)c3C2)CN1C(=O)[C@H](CCC(=O)/C=C/C1CCCC1)CC(=O)OC(C)(C)C)C(=O)NS(=O)(=O)C1CC1. The molecule has 6 rings (SSSR count). The summed E-state index contributed by atoms with van der Waals surface area (Å²) in [5.74, 6) is -4.54. The van der Waals surface area contributed by atoms with E-state index in [4.69, 9.17) is 9.47 Å². The quantitative estimate of drug-likeness (QED) is 0.129. The van der Waals surface area contributed by atoms with Crippen LogP contribution in [0.4, 0.5) is 9.18 Å². The Bertz CT molecular complexity index is 1930. The van der Waals surface area contributed by atoms with Gasteiger partial charge in [-0.25, -0.2) is 17.6 Å². The number of benzene rings is 1. The van der Waals surface area contributed by atoms with Gasteiger partial charge in [0.15, 0.2) is 11.6 Å². The van der Waals surface area contributed by atoms with E-state index < -0.39 is 92.2 Å². The summed E-state index contributed by atoms with van der Waals surface area (Å²) in [4.78, 5) is 84.7. The molecule has 0 aromatic heterocycles. The van der Waals surface area contributed by atoms with Gasteiger partial charge in [-0.15, -0.1) is 6.58 Å². The first-order chi connectivity index (χ1) is 26.9. The van der Waals surface area contributed by atoms with Crippen LogP contribution in [0.15, 0.2) is 43.0 Å². The van der Waals surface area contributed by atoms with Gasteiger partial charge in [0.1, 0.15) is 17.5 Å². The number of carbonyl (C=O) groups excluding carboxylic acids is 6. The van der Waals surface area contributed by atoms with Gasteiger partial charge in [-0.05, 0) is 88.8 Å². The standard InChI is InChI=1S/C42H54FN3O10S/c1-5-29-21-42(29,39(51)44-57(53,54)32-17-18-32)22-36(48)35-20-31(55-40(52)45-23-28-11-8-12-34(43)33(28)25-45)24-46(35)38(50)27(19-37(49)56-41(2,3)4)14-16-30(47)15-13-26-9-6-7-10-26/h5,8,11-13,15,26-27,29,31-32,35H,1,6-7,9-10,14,16-25H2,2-4H3,(H,44,51)/b15-13+/t27-,29-,31-,35+,42-/m1/s1. The van der Waals surface area contributed by atoms with Crippen molar-refractivity contribution in [2.45, 2.75) is 134 Å². The molecule has 2 aliphatic heterocycles. The molecule has 5 aliphatic rings. The molecule has 4 fully saturated rings. The van der Waals surface area contributed by atoms with Crippen molar-refractivity contribution in [1.82, 2.24) is 14.5 Å². The summed E-state index contributed by atoms with van der Waals surface area (Å²) in [7, 11) is -3.92. The number of hydrogen-bond donors (Lipinski definition) is 1. The van der Waals surface area contributed by atoms with Gasteiger partial charge < -0.3 is 14.4 Å². The molecule has 2 heterocycles. The lowest BCUT2D eigenvalue weighted by Crippen LogP contribution is -2.46. The van der Waals surface area contributed by atoms with Gasteiger partial charge in [0.2, 0.25) is 21.8 Å². The second kappa shape index (κ2) is 16.8. The molecule has 1 aromatic carbocycles. The number of likely N-dealkylation sites (tertiary alicyclic amines) is 1. The van der Waals surface area contributed by atoms with Crippen LogP contribution in [0.1, 0.15) is 109 Å². The van der Waals surface area contributed by atoms with E-state index in [1.807, 2.05) is 6.08 Å². The average Bonchev–Trinajstić information content (AvgIpc) is 3.92. The normalized spacial score (nSPS) is 25.2. The Morgan fingerprint density at radius 2 is 1.79 bits per heavy atom. The number of nitrogens with zero attached hydrogens (tertiary/aromatic N) is 2. The van der Waals surface area contributed by atoms with E-state index in [-0.39, 0.29) is 57.5 Å². The zero-order valence-electron chi connectivity index (χ0n) is 33.0. The molecule has 15 heteroatoms. The number of halogens is 1. The van der Waals surface area contributed by atoms with Gasteiger partial charge in [-0.3, -0.25) is 33.6 Å². The molecule has 3 saturated carbocycles. The summed E-state index contributed by atoms with van der Waals surface area (Å²) >= 11 is 0. The molecule has 5 atom stereocenters. The molecule has 0 bridgehead atoms. The molecular formula is C42H54FN3O10S. The van der Waals surface area contributed by atoms with Crippen molar-refractivity contribution < 1.29 is 51.0 Å². The first-order valence-corrected chi connectivity index (χ1v) is 21.6. The molecule has 0 radical (unpaired) electrons. The molecule has 0 spiro atoms. The fourth-order valence-corrected chi connectivity index (χ4v) is 9.78. The number of Topliss-reactive ketones (excluding diaryl/α,β-unsaturated/α-hetero) is 1. The lowest BCUT2D eigenvalue weighted by atomic mass is 9.90. The largest absolute Gasteiger partial charge is 0.460 e. The average molecular weight is 812 g/mol. The number of nitrogens with one attached hydrogen (secondary N) is 1. The summed E-state index contributed by atoms with van der Waals surface area (Å²) < 4.78 is 53.5. The fourth-order valence-electron chi connectivity index (χ4n) is 8.39. The third-order valence-corrected chi connectivity index (χ3v) is 13.6. The predicted octanol–water partition coefficient (Wildman–Crippen LogP) is 5.45. The molecule has 1 saturated heterocycles. The highest BCUT2D eigenvalue weighted by molar-refractivity contribution is 7.90. The Balaban J connectivity index is 1.22. The van der Waals surface area contributed by atoms with Crippen molar-refractivity contribution in [3.8, 4) is 0 Å². The third-order valence-electron chi connectivity index (χ3n) is 11.8. The van der Waals surface area contributed by atoms with Gasteiger partial charge in [-0.1, -0.05) is 37.1 Å². The Kier molecular flexibility index (Phi) is 12.5. The Morgan fingerprint density at radius 1 is 1.07 bits per heavy atom. The number of hydrogen-bond acceptors (Lipinski definition) is 10. The van der Waals surface area contributed by atoms with Crippen LogP contribution in [0.2, 0.25) is 0 Å². The number of ether oxygens (including phenoxy) is 2. The summed E-state index contributed by atoms with van der Waals surface area (Å²) in [6.07, 6.45) is 7.47. The molecule has 57 heavy (non-hydrogen) atoms. The highest BCUT2D eigenvalue weighted by Crippen LogP contribution is 2.57. The van der Waals surface area contributed by atoms with Crippen LogP contribution in [0, 0.1) is 29.0 Å². The third kappa shape index (κ3) is 10.2. The lowest BCUT2D eigenvalue weighted by Gasteiger charge is -2.29. The maximum absolute atomic E-state index is 14.6. The van der Waals surface area contributed by atoms with Gasteiger partial charge in [0.05, 0.1) is 36.2 Å². The second-order valence-corrected chi connectivity index (χ2v) is 19.4. The minimum atomic E-state index is -3.92. The van der Waals surface area contributed by atoms with Gasteiger partial charge in [0, 0.05) is 37.3 Å². The molecule has 310 valence electrons. The predicted molar refractivity (Wildman–Crippen MR) is 206 cm³/mol. The van der Waals surface area contributed by atoms with Gasteiger partial charge in [0.25, 0.3) is 0 Å². The van der Waals surface area contributed by atoms with Crippen molar-refractivity contribution >= 4 is 45.5 Å². The van der Waals surface area contributed by atoms with Crippen LogP contribution in [0.3, 0.4) is 0 Å². The zero-order valence-corrected chi connectivity index (χ0v) is 33.8. The van der Waals surface area contributed by atoms with Crippen LogP contribution >= 0.6 is 0 Å². The van der Waals surface area contributed by atoms with Crippen LogP contribution in [0.25, 0.3) is 0 Å². The van der Waals surface area contributed by atoms with E-state index in [2.05, 4.69) is 11.3 Å². The first-order valence-electron chi connectivity index (χ1n) is 20.1. The topological polar surface area (TPSA) is 174 Å². The van der Waals surface area contributed by atoms with Crippen LogP contribution in [-0.4, -0.2) is 83.2 Å². The molecular weight excluding hydrogens is 758 g/mol. The molecule has 3 aliphatic carbocycles. The Hall–Kier alpha value is -4.40. The van der Waals surface area contributed by atoms with Crippen molar-refractivity contribution in [2.75, 3.05) is 6.54 Å². The maximum atomic E-state index is 14.6. The monoisotopic (exact) mass is 811 g/mol. The van der Waals surface area contributed by atoms with Crippen molar-refractivity contribution in [2.24, 2.45) is 23.2 Å². The minimum absolute atomic E-state index is 0.0186. The number of allylic oxidation sites excluding steroid dienone is 3. The van der Waals surface area contributed by atoms with Crippen LogP contribution < -0.4 is 4.72 Å². The van der Waals surface area contributed by atoms with E-state index in [9.17, 15) is 41.6 Å². The van der Waals surface area contributed by atoms with Crippen molar-refractivity contribution in [3.63, 3.8) is 0 Å². The summed E-state index contributed by atoms with van der Waals surface area (Å²) in [6.45, 7) is 8.70. The highest BCUT2D eigenvalue weighted by Gasteiger charge is 2.61. The number of amides is 3. The van der Waals surface area contributed by atoms with Crippen molar-refractivity contribution in [3.05, 3.63) is 60.0 Å². The van der Waals surface area contributed by atoms with Gasteiger partial charge in [-0.2, -0.15) is 0 Å². The van der Waals surface area contributed by atoms with Gasteiger partial charge >= 0.3 is 12.1 Å². The Labute approximate surface area is 333 Å². The number of carbonyl (C=O) groups is 6. The van der Waals surface area contributed by atoms with E-state index in [0.717, 1.165) is 25.7 Å². The molecule has 1 N–H and O–H groups in total. The number of rotatable bonds is 16. The smallest absolute Gasteiger partial charge is 0.410 e. The van der Waals surface area contributed by atoms with Crippen molar-refractivity contribution in [1.29, 1.82) is 0 Å². The molecule has 13 nitrogen and oxygen atoms in total. The number of fused-ring (bicyclic) bond motifs is 1.